The minimum absolute atomic E-state index is 0.268. The van der Waals surface area contributed by atoms with Crippen molar-refractivity contribution < 1.29 is 0 Å². The van der Waals surface area contributed by atoms with Crippen molar-refractivity contribution in [3.63, 3.8) is 0 Å². The van der Waals surface area contributed by atoms with Gasteiger partial charge in [0.25, 0.3) is 0 Å². The van der Waals surface area contributed by atoms with Crippen molar-refractivity contribution in [3.8, 4) is 0 Å². The summed E-state index contributed by atoms with van der Waals surface area (Å²) in [7, 11) is 0. The Bertz CT molecular complexity index is 451. The van der Waals surface area contributed by atoms with Crippen LogP contribution in [0.25, 0.3) is 0 Å². The number of benzene rings is 1. The van der Waals surface area contributed by atoms with Gasteiger partial charge < -0.3 is 10.6 Å². The molecule has 1 saturated heterocycles. The summed E-state index contributed by atoms with van der Waals surface area (Å²) in [6.07, 6.45) is 7.68. The minimum atomic E-state index is 0.268. The molecule has 1 aliphatic heterocycles. The molecule has 0 aromatic heterocycles. The normalized spacial score (nSPS) is 25.7. The van der Waals surface area contributed by atoms with Crippen molar-refractivity contribution in [3.05, 3.63) is 29.3 Å². The molecule has 1 aromatic rings. The first-order valence-electron chi connectivity index (χ1n) is 7.76. The van der Waals surface area contributed by atoms with Gasteiger partial charge in [0.15, 0.2) is 0 Å². The molecule has 1 heterocycles. The van der Waals surface area contributed by atoms with Gasteiger partial charge in [-0.2, -0.15) is 0 Å². The summed E-state index contributed by atoms with van der Waals surface area (Å²) in [5.74, 6) is 0. The molecular formula is C17H26N2. The summed E-state index contributed by atoms with van der Waals surface area (Å²) in [6.45, 7) is 5.72. The molecule has 2 aliphatic rings. The van der Waals surface area contributed by atoms with E-state index in [4.69, 9.17) is 0 Å². The van der Waals surface area contributed by atoms with E-state index in [9.17, 15) is 0 Å². The molecule has 0 saturated carbocycles. The summed E-state index contributed by atoms with van der Waals surface area (Å²) in [6, 6.07) is 7.61. The zero-order chi connectivity index (χ0) is 13.3. The fourth-order valence-corrected chi connectivity index (χ4v) is 3.56. The molecule has 0 radical (unpaired) electrons. The van der Waals surface area contributed by atoms with Crippen LogP contribution >= 0.6 is 0 Å². The maximum atomic E-state index is 3.75. The van der Waals surface area contributed by atoms with E-state index in [1.54, 1.807) is 11.1 Å². The van der Waals surface area contributed by atoms with Crippen LogP contribution in [0.15, 0.2) is 18.2 Å². The first kappa shape index (κ1) is 13.0. The smallest absolute Gasteiger partial charge is 0.0345 e. The minimum Gasteiger partial charge on any atom is -0.382 e. The largest absolute Gasteiger partial charge is 0.382 e. The Labute approximate surface area is 117 Å². The number of aryl methyl sites for hydroxylation is 2. The molecular weight excluding hydrogens is 232 g/mol. The van der Waals surface area contributed by atoms with Crippen LogP contribution in [-0.2, 0) is 12.8 Å². The van der Waals surface area contributed by atoms with Gasteiger partial charge in [0, 0.05) is 17.3 Å². The summed E-state index contributed by atoms with van der Waals surface area (Å²) in [5.41, 5.74) is 4.74. The second kappa shape index (κ2) is 5.16. The number of piperidine rings is 1. The maximum absolute atomic E-state index is 3.75. The van der Waals surface area contributed by atoms with Crippen LogP contribution in [-0.4, -0.2) is 18.1 Å². The highest BCUT2D eigenvalue weighted by molar-refractivity contribution is 5.50. The van der Waals surface area contributed by atoms with Gasteiger partial charge in [-0.25, -0.2) is 0 Å². The molecule has 104 valence electrons. The molecule has 2 heteroatoms. The Morgan fingerprint density at radius 1 is 1.16 bits per heavy atom. The van der Waals surface area contributed by atoms with Crippen molar-refractivity contribution in [2.45, 2.75) is 64.0 Å². The molecule has 1 aliphatic carbocycles. The van der Waals surface area contributed by atoms with Crippen molar-refractivity contribution in [2.24, 2.45) is 0 Å². The lowest BCUT2D eigenvalue weighted by molar-refractivity contribution is 0.286. The molecule has 2 nitrogen and oxygen atoms in total. The monoisotopic (exact) mass is 258 g/mol. The van der Waals surface area contributed by atoms with E-state index < -0.39 is 0 Å². The fourth-order valence-electron chi connectivity index (χ4n) is 3.56. The van der Waals surface area contributed by atoms with Gasteiger partial charge in [-0.05, 0) is 82.2 Å². The molecule has 0 spiro atoms. The maximum Gasteiger partial charge on any atom is 0.0345 e. The van der Waals surface area contributed by atoms with Crippen LogP contribution < -0.4 is 10.6 Å². The highest BCUT2D eigenvalue weighted by Crippen LogP contribution is 2.26. The van der Waals surface area contributed by atoms with Gasteiger partial charge >= 0.3 is 0 Å². The standard InChI is InChI=1S/C17H26N2/c1-17(2)12-16(9-10-18-17)19-15-8-7-13-5-3-4-6-14(13)11-15/h7-8,11,16,18-19H,3-6,9-10,12H2,1-2H3. The number of nitrogens with one attached hydrogen (secondary N) is 2. The van der Waals surface area contributed by atoms with Gasteiger partial charge in [-0.1, -0.05) is 6.07 Å². The van der Waals surface area contributed by atoms with Gasteiger partial charge in [0.2, 0.25) is 0 Å². The predicted octanol–water partition coefficient (Wildman–Crippen LogP) is 3.51. The van der Waals surface area contributed by atoms with Gasteiger partial charge in [-0.3, -0.25) is 0 Å². The zero-order valence-electron chi connectivity index (χ0n) is 12.3. The van der Waals surface area contributed by atoms with Crippen LogP contribution in [0.1, 0.15) is 50.7 Å². The first-order chi connectivity index (χ1) is 9.12. The van der Waals surface area contributed by atoms with E-state index in [2.05, 4.69) is 42.7 Å². The zero-order valence-corrected chi connectivity index (χ0v) is 12.3. The van der Waals surface area contributed by atoms with E-state index in [1.165, 1.54) is 44.2 Å². The van der Waals surface area contributed by atoms with Crippen LogP contribution in [0.3, 0.4) is 0 Å². The van der Waals surface area contributed by atoms with Gasteiger partial charge in [0.05, 0.1) is 0 Å². The van der Waals surface area contributed by atoms with Crippen LogP contribution in [0.4, 0.5) is 5.69 Å². The van der Waals surface area contributed by atoms with E-state index in [-0.39, 0.29) is 5.54 Å². The van der Waals surface area contributed by atoms with E-state index in [0.29, 0.717) is 6.04 Å². The van der Waals surface area contributed by atoms with Crippen molar-refractivity contribution >= 4 is 5.69 Å². The highest BCUT2D eigenvalue weighted by Gasteiger charge is 2.27. The van der Waals surface area contributed by atoms with Crippen LogP contribution in [0.2, 0.25) is 0 Å². The lowest BCUT2D eigenvalue weighted by Gasteiger charge is -2.37. The Morgan fingerprint density at radius 2 is 1.95 bits per heavy atom. The quantitative estimate of drug-likeness (QED) is 0.848. The summed E-state index contributed by atoms with van der Waals surface area (Å²) >= 11 is 0. The van der Waals surface area contributed by atoms with Gasteiger partial charge in [0.1, 0.15) is 0 Å². The average molecular weight is 258 g/mol. The average Bonchev–Trinajstić information content (AvgIpc) is 2.37. The van der Waals surface area contributed by atoms with E-state index in [0.717, 1.165) is 6.54 Å². The Balaban J connectivity index is 1.69. The molecule has 3 rings (SSSR count). The summed E-state index contributed by atoms with van der Waals surface area (Å²) in [5, 5.41) is 7.33. The third-order valence-electron chi connectivity index (χ3n) is 4.57. The number of rotatable bonds is 2. The number of anilines is 1. The van der Waals surface area contributed by atoms with Crippen LogP contribution in [0, 0.1) is 0 Å². The first-order valence-corrected chi connectivity index (χ1v) is 7.76. The lowest BCUT2D eigenvalue weighted by Crippen LogP contribution is -2.50. The Morgan fingerprint density at radius 3 is 2.74 bits per heavy atom. The van der Waals surface area contributed by atoms with E-state index >= 15 is 0 Å². The fraction of sp³-hybridized carbons (Fsp3) is 0.647. The second-order valence-corrected chi connectivity index (χ2v) is 6.84. The Hall–Kier alpha value is -1.02. The van der Waals surface area contributed by atoms with Gasteiger partial charge in [-0.15, -0.1) is 0 Å². The third-order valence-corrected chi connectivity index (χ3v) is 4.57. The molecule has 2 N–H and O–H groups in total. The second-order valence-electron chi connectivity index (χ2n) is 6.84. The third kappa shape index (κ3) is 3.11. The number of fused-ring (bicyclic) bond motifs is 1. The SMILES string of the molecule is CC1(C)CC(Nc2ccc3c(c2)CCCC3)CCN1. The molecule has 19 heavy (non-hydrogen) atoms. The summed E-state index contributed by atoms with van der Waals surface area (Å²) < 4.78 is 0. The molecule has 1 atom stereocenters. The van der Waals surface area contributed by atoms with E-state index in [1.807, 2.05) is 0 Å². The molecule has 1 aromatic carbocycles. The lowest BCUT2D eigenvalue weighted by atomic mass is 9.88. The molecule has 0 amide bonds. The highest BCUT2D eigenvalue weighted by atomic mass is 15.0. The van der Waals surface area contributed by atoms with Crippen molar-refractivity contribution in [2.75, 3.05) is 11.9 Å². The molecule has 1 fully saturated rings. The number of hydrogen-bond acceptors (Lipinski definition) is 2. The van der Waals surface area contributed by atoms with Crippen LogP contribution in [0.5, 0.6) is 0 Å². The predicted molar refractivity (Wildman–Crippen MR) is 81.8 cm³/mol. The summed E-state index contributed by atoms with van der Waals surface area (Å²) in [4.78, 5) is 0. The Kier molecular flexibility index (Phi) is 3.53. The number of hydrogen-bond donors (Lipinski definition) is 2. The van der Waals surface area contributed by atoms with Crippen molar-refractivity contribution in [1.82, 2.24) is 5.32 Å². The molecule has 0 bridgehead atoms. The topological polar surface area (TPSA) is 24.1 Å². The molecule has 1 unspecified atom stereocenters. The van der Waals surface area contributed by atoms with Crippen molar-refractivity contribution in [1.29, 1.82) is 0 Å².